The maximum Gasteiger partial charge on any atom is 0.246 e. The Bertz CT molecular complexity index is 871. The molecule has 3 rings (SSSR count). The summed E-state index contributed by atoms with van der Waals surface area (Å²) in [5.41, 5.74) is 0.132. The van der Waals surface area contributed by atoms with Crippen molar-refractivity contribution in [1.82, 2.24) is 4.90 Å². The van der Waals surface area contributed by atoms with Crippen LogP contribution in [0.15, 0.2) is 42.5 Å². The molecule has 1 fully saturated rings. The van der Waals surface area contributed by atoms with Crippen LogP contribution < -0.4 is 4.74 Å². The van der Waals surface area contributed by atoms with Crippen LogP contribution in [0.3, 0.4) is 0 Å². The van der Waals surface area contributed by atoms with Crippen molar-refractivity contribution in [3.8, 4) is 5.75 Å². The van der Waals surface area contributed by atoms with E-state index in [-0.39, 0.29) is 42.0 Å². The van der Waals surface area contributed by atoms with Crippen molar-refractivity contribution < 1.29 is 27.4 Å². The van der Waals surface area contributed by atoms with Gasteiger partial charge in [0.15, 0.2) is 11.6 Å². The minimum Gasteiger partial charge on any atom is -0.488 e. The minimum absolute atomic E-state index is 0.0486. The van der Waals surface area contributed by atoms with Gasteiger partial charge in [-0.05, 0) is 30.3 Å². The van der Waals surface area contributed by atoms with E-state index in [1.807, 2.05) is 0 Å². The average molecular weight is 412 g/mol. The lowest BCUT2D eigenvalue weighted by Crippen LogP contribution is -2.47. The zero-order valence-electron chi connectivity index (χ0n) is 14.7. The fourth-order valence-electron chi connectivity index (χ4n) is 2.72. The van der Waals surface area contributed by atoms with E-state index in [1.165, 1.54) is 35.3 Å². The monoisotopic (exact) mass is 411 g/mol. The van der Waals surface area contributed by atoms with Crippen LogP contribution in [0.2, 0.25) is 5.02 Å². The Morgan fingerprint density at radius 3 is 2.86 bits per heavy atom. The maximum atomic E-state index is 13.8. The Labute approximate surface area is 165 Å². The first kappa shape index (κ1) is 20.2. The first-order valence-electron chi connectivity index (χ1n) is 8.54. The number of amides is 1. The Kier molecular flexibility index (Phi) is 6.59. The largest absolute Gasteiger partial charge is 0.488 e. The molecule has 1 atom stereocenters. The number of halogens is 4. The van der Waals surface area contributed by atoms with Gasteiger partial charge in [0, 0.05) is 24.3 Å². The summed E-state index contributed by atoms with van der Waals surface area (Å²) in [5.74, 6) is -2.39. The van der Waals surface area contributed by atoms with Gasteiger partial charge in [-0.2, -0.15) is 0 Å². The topological polar surface area (TPSA) is 38.8 Å². The molecule has 1 saturated heterocycles. The van der Waals surface area contributed by atoms with Gasteiger partial charge in [0.1, 0.15) is 24.3 Å². The quantitative estimate of drug-likeness (QED) is 0.696. The molecule has 0 radical (unpaired) electrons. The van der Waals surface area contributed by atoms with E-state index in [4.69, 9.17) is 21.1 Å². The lowest BCUT2D eigenvalue weighted by Gasteiger charge is -2.32. The Hall–Kier alpha value is -2.51. The summed E-state index contributed by atoms with van der Waals surface area (Å²) in [4.78, 5) is 13.9. The highest BCUT2D eigenvalue weighted by atomic mass is 35.5. The van der Waals surface area contributed by atoms with E-state index >= 15 is 0 Å². The van der Waals surface area contributed by atoms with E-state index in [2.05, 4.69) is 0 Å². The maximum absolute atomic E-state index is 13.8. The number of nitrogens with zero attached hydrogens (tertiary/aromatic N) is 1. The summed E-state index contributed by atoms with van der Waals surface area (Å²) in [6, 6.07) is 7.17. The number of carbonyl (C=O) groups is 1. The average Bonchev–Trinajstić information content (AvgIpc) is 2.68. The van der Waals surface area contributed by atoms with E-state index in [0.717, 1.165) is 18.2 Å². The molecule has 0 saturated carbocycles. The molecule has 0 spiro atoms. The molecule has 0 aromatic heterocycles. The molecule has 1 unspecified atom stereocenters. The highest BCUT2D eigenvalue weighted by molar-refractivity contribution is 6.32. The molecule has 0 N–H and O–H groups in total. The molecular weight excluding hydrogens is 395 g/mol. The van der Waals surface area contributed by atoms with Gasteiger partial charge in [-0.1, -0.05) is 17.7 Å². The van der Waals surface area contributed by atoms with Gasteiger partial charge in [-0.3, -0.25) is 4.79 Å². The molecule has 2 aromatic rings. The van der Waals surface area contributed by atoms with Crippen molar-refractivity contribution in [3.63, 3.8) is 0 Å². The highest BCUT2D eigenvalue weighted by Crippen LogP contribution is 2.21. The molecule has 1 aliphatic rings. The van der Waals surface area contributed by atoms with Gasteiger partial charge in [0.05, 0.1) is 18.2 Å². The number of hydrogen-bond acceptors (Lipinski definition) is 3. The number of ether oxygens (including phenoxy) is 2. The Morgan fingerprint density at radius 2 is 2.07 bits per heavy atom. The zero-order chi connectivity index (χ0) is 20.1. The van der Waals surface area contributed by atoms with Gasteiger partial charge in [-0.25, -0.2) is 13.2 Å². The van der Waals surface area contributed by atoms with E-state index in [9.17, 15) is 18.0 Å². The lowest BCUT2D eigenvalue weighted by molar-refractivity contribution is -0.134. The second-order valence-electron chi connectivity index (χ2n) is 6.13. The van der Waals surface area contributed by atoms with Gasteiger partial charge in [0.25, 0.3) is 0 Å². The standard InChI is InChI=1S/C20H17ClF3NO3/c21-16-2-1-3-17(23)15(16)5-7-20(26)25-8-9-27-14(11-25)12-28-19-10-13(22)4-6-18(19)24/h1-7,10,14H,8-9,11-12H2. The Morgan fingerprint density at radius 1 is 1.25 bits per heavy atom. The molecule has 4 nitrogen and oxygen atoms in total. The van der Waals surface area contributed by atoms with Crippen LogP contribution in [0.1, 0.15) is 5.56 Å². The molecule has 28 heavy (non-hydrogen) atoms. The number of benzene rings is 2. The normalized spacial score (nSPS) is 17.1. The molecule has 2 aromatic carbocycles. The smallest absolute Gasteiger partial charge is 0.246 e. The van der Waals surface area contributed by atoms with Crippen molar-refractivity contribution in [2.24, 2.45) is 0 Å². The van der Waals surface area contributed by atoms with Crippen LogP contribution >= 0.6 is 11.6 Å². The fourth-order valence-corrected chi connectivity index (χ4v) is 2.95. The molecule has 0 aliphatic carbocycles. The van der Waals surface area contributed by atoms with E-state index in [1.54, 1.807) is 0 Å². The summed E-state index contributed by atoms with van der Waals surface area (Å²) < 4.78 is 51.4. The van der Waals surface area contributed by atoms with Crippen molar-refractivity contribution in [3.05, 3.63) is 70.5 Å². The summed E-state index contributed by atoms with van der Waals surface area (Å²) in [6.45, 7) is 0.761. The van der Waals surface area contributed by atoms with E-state index < -0.39 is 23.6 Å². The first-order valence-corrected chi connectivity index (χ1v) is 8.92. The van der Waals surface area contributed by atoms with Crippen LogP contribution in [0.5, 0.6) is 5.75 Å². The number of carbonyl (C=O) groups excluding carboxylic acids is 1. The second-order valence-corrected chi connectivity index (χ2v) is 6.54. The van der Waals surface area contributed by atoms with Gasteiger partial charge >= 0.3 is 0 Å². The van der Waals surface area contributed by atoms with Crippen molar-refractivity contribution >= 4 is 23.6 Å². The third-order valence-electron chi connectivity index (χ3n) is 4.16. The van der Waals surface area contributed by atoms with Gasteiger partial charge < -0.3 is 14.4 Å². The van der Waals surface area contributed by atoms with E-state index in [0.29, 0.717) is 6.54 Å². The molecule has 1 amide bonds. The van der Waals surface area contributed by atoms with Crippen LogP contribution in [-0.2, 0) is 9.53 Å². The highest BCUT2D eigenvalue weighted by Gasteiger charge is 2.24. The van der Waals surface area contributed by atoms with Gasteiger partial charge in [-0.15, -0.1) is 0 Å². The minimum atomic E-state index is -0.685. The number of rotatable bonds is 5. The van der Waals surface area contributed by atoms with Crippen molar-refractivity contribution in [1.29, 1.82) is 0 Å². The SMILES string of the molecule is O=C(C=Cc1c(F)cccc1Cl)N1CCOC(COc2cc(F)ccc2F)C1. The molecule has 8 heteroatoms. The fraction of sp³-hybridized carbons (Fsp3) is 0.250. The molecule has 1 heterocycles. The van der Waals surface area contributed by atoms with Crippen molar-refractivity contribution in [2.75, 3.05) is 26.3 Å². The zero-order valence-corrected chi connectivity index (χ0v) is 15.5. The predicted octanol–water partition coefficient (Wildman–Crippen LogP) is 4.08. The van der Waals surface area contributed by atoms with Crippen LogP contribution in [0.25, 0.3) is 6.08 Å². The molecule has 1 aliphatic heterocycles. The second kappa shape index (κ2) is 9.12. The first-order chi connectivity index (χ1) is 13.4. The Balaban J connectivity index is 1.59. The van der Waals surface area contributed by atoms with Crippen LogP contribution in [0.4, 0.5) is 13.2 Å². The lowest BCUT2D eigenvalue weighted by atomic mass is 10.2. The summed E-state index contributed by atoms with van der Waals surface area (Å²) >= 11 is 5.94. The number of morpholine rings is 1. The van der Waals surface area contributed by atoms with Crippen LogP contribution in [-0.4, -0.2) is 43.2 Å². The molecular formula is C20H17ClF3NO3. The third-order valence-corrected chi connectivity index (χ3v) is 4.49. The van der Waals surface area contributed by atoms with Gasteiger partial charge in [0.2, 0.25) is 5.91 Å². The number of hydrogen-bond donors (Lipinski definition) is 0. The van der Waals surface area contributed by atoms with Crippen LogP contribution in [0, 0.1) is 17.5 Å². The molecule has 148 valence electrons. The summed E-state index contributed by atoms with van der Waals surface area (Å²) in [5, 5.41) is 0.203. The summed E-state index contributed by atoms with van der Waals surface area (Å²) in [7, 11) is 0. The third kappa shape index (κ3) is 5.05. The summed E-state index contributed by atoms with van der Waals surface area (Å²) in [6.07, 6.45) is 2.05. The van der Waals surface area contributed by atoms with Crippen molar-refractivity contribution in [2.45, 2.75) is 6.10 Å². The predicted molar refractivity (Wildman–Crippen MR) is 98.6 cm³/mol. The molecule has 0 bridgehead atoms.